The largest absolute Gasteiger partial charge is 0.454 e. The van der Waals surface area contributed by atoms with E-state index in [0.717, 1.165) is 56.8 Å². The van der Waals surface area contributed by atoms with Crippen LogP contribution in [0, 0.1) is 29.5 Å². The quantitative estimate of drug-likeness (QED) is 0.249. The maximum Gasteiger partial charge on any atom is 0.303 e. The molecule has 0 spiro atoms. The van der Waals surface area contributed by atoms with E-state index in [0.29, 0.717) is 13.0 Å². The molecule has 5 aliphatic rings. The van der Waals surface area contributed by atoms with Gasteiger partial charge in [0.15, 0.2) is 0 Å². The topological polar surface area (TPSA) is 70.2 Å². The zero-order chi connectivity index (χ0) is 25.6. The van der Waals surface area contributed by atoms with Gasteiger partial charge in [-0.25, -0.2) is 4.39 Å². The minimum atomic E-state index is -1.000. The number of rotatable bonds is 7. The van der Waals surface area contributed by atoms with Crippen molar-refractivity contribution in [2.24, 2.45) is 23.7 Å². The lowest BCUT2D eigenvalue weighted by Gasteiger charge is -2.52. The highest BCUT2D eigenvalue weighted by molar-refractivity contribution is 6.07. The smallest absolute Gasteiger partial charge is 0.303 e. The van der Waals surface area contributed by atoms with Gasteiger partial charge in [-0.2, -0.15) is 0 Å². The summed E-state index contributed by atoms with van der Waals surface area (Å²) in [4.78, 5) is 45.0. The Bertz CT molecular complexity index is 1070. The molecule has 2 saturated heterocycles. The highest BCUT2D eigenvalue weighted by Gasteiger charge is 2.67. The fraction of sp³-hybridized carbons (Fsp3) is 0.607. The number of esters is 1. The maximum atomic E-state index is 13.5. The number of nitrogens with zero attached hydrogens (tertiary/aromatic N) is 3. The zero-order valence-corrected chi connectivity index (χ0v) is 21.4. The number of hydrogen-bond donors (Lipinski definition) is 0. The molecule has 2 heterocycles. The van der Waals surface area contributed by atoms with E-state index in [1.54, 1.807) is 0 Å². The number of fused-ring (bicyclic) bond motifs is 1. The molecule has 8 heteroatoms. The number of unbranched alkanes of at least 4 members (excludes halogenated alkanes) is 1. The van der Waals surface area contributed by atoms with E-state index in [4.69, 9.17) is 4.74 Å². The standard InChI is InChI=1S/C28H36FN3O4/c1-18-16-28(36-20(3)33)17-19(2)23(18)24-25(28)27(35)32(26(24)34)11-5-4-10-30-12-14-31(15-13-30)22-8-6-21(29)7-9-22/h6-9,16,19,23-25H,4-5,10-15,17H2,1-3H3/t19?,23-,24?,25?,28-/m1/s1. The number of amides is 2. The highest BCUT2D eigenvalue weighted by Crippen LogP contribution is 2.58. The molecule has 3 unspecified atom stereocenters. The first kappa shape index (κ1) is 24.9. The molecule has 2 bridgehead atoms. The number of halogens is 1. The number of imide groups is 1. The third kappa shape index (κ3) is 4.33. The second kappa shape index (κ2) is 9.61. The Morgan fingerprint density at radius 1 is 1.03 bits per heavy atom. The van der Waals surface area contributed by atoms with E-state index in [1.165, 1.54) is 24.0 Å². The van der Waals surface area contributed by atoms with Gasteiger partial charge in [-0.05, 0) is 74.9 Å². The van der Waals surface area contributed by atoms with Crippen LogP contribution in [0.25, 0.3) is 0 Å². The van der Waals surface area contributed by atoms with E-state index < -0.39 is 23.4 Å². The third-order valence-corrected chi connectivity index (χ3v) is 8.61. The molecule has 36 heavy (non-hydrogen) atoms. The summed E-state index contributed by atoms with van der Waals surface area (Å²) in [5.41, 5.74) is 1.10. The molecule has 0 radical (unpaired) electrons. The van der Waals surface area contributed by atoms with Gasteiger partial charge in [-0.1, -0.05) is 12.5 Å². The highest BCUT2D eigenvalue weighted by atomic mass is 19.1. The van der Waals surface area contributed by atoms with Gasteiger partial charge in [0.25, 0.3) is 0 Å². The summed E-state index contributed by atoms with van der Waals surface area (Å²) >= 11 is 0. The number of allylic oxidation sites excluding steroid dienone is 1. The summed E-state index contributed by atoms with van der Waals surface area (Å²) in [5.74, 6) is -1.72. The lowest BCUT2D eigenvalue weighted by Crippen LogP contribution is -2.57. The van der Waals surface area contributed by atoms with Gasteiger partial charge in [-0.15, -0.1) is 0 Å². The Balaban J connectivity index is 1.15. The molecule has 7 nitrogen and oxygen atoms in total. The zero-order valence-electron chi connectivity index (χ0n) is 21.4. The van der Waals surface area contributed by atoms with Gasteiger partial charge in [-0.3, -0.25) is 24.2 Å². The van der Waals surface area contributed by atoms with Crippen molar-refractivity contribution >= 4 is 23.5 Å². The Hall–Kier alpha value is -2.74. The summed E-state index contributed by atoms with van der Waals surface area (Å²) in [5, 5.41) is 0. The number of piperazine rings is 1. The van der Waals surface area contributed by atoms with E-state index in [9.17, 15) is 18.8 Å². The van der Waals surface area contributed by atoms with Crippen LogP contribution < -0.4 is 4.90 Å². The van der Waals surface area contributed by atoms with Gasteiger partial charge < -0.3 is 9.64 Å². The van der Waals surface area contributed by atoms with Gasteiger partial charge in [0.1, 0.15) is 11.4 Å². The van der Waals surface area contributed by atoms with Gasteiger partial charge in [0, 0.05) is 45.3 Å². The van der Waals surface area contributed by atoms with Crippen LogP contribution >= 0.6 is 0 Å². The number of hydrogen-bond acceptors (Lipinski definition) is 6. The summed E-state index contributed by atoms with van der Waals surface area (Å²) in [6.07, 6.45) is 4.18. The van der Waals surface area contributed by atoms with Crippen molar-refractivity contribution in [1.29, 1.82) is 0 Å². The number of likely N-dealkylation sites (tertiary alicyclic amines) is 1. The lowest BCUT2D eigenvalue weighted by molar-refractivity contribution is -0.173. The van der Waals surface area contributed by atoms with E-state index in [1.807, 2.05) is 25.1 Å². The van der Waals surface area contributed by atoms with Crippen molar-refractivity contribution < 1.29 is 23.5 Å². The van der Waals surface area contributed by atoms with Crippen molar-refractivity contribution in [3.8, 4) is 0 Å². The molecule has 1 saturated carbocycles. The van der Waals surface area contributed by atoms with Gasteiger partial charge in [0.2, 0.25) is 11.8 Å². The minimum Gasteiger partial charge on any atom is -0.454 e. The Kier molecular flexibility index (Phi) is 6.66. The predicted octanol–water partition coefficient (Wildman–Crippen LogP) is 3.25. The fourth-order valence-electron chi connectivity index (χ4n) is 7.21. The Labute approximate surface area is 212 Å². The normalized spacial score (nSPS) is 32.1. The predicted molar refractivity (Wildman–Crippen MR) is 134 cm³/mol. The number of carbonyl (C=O) groups is 3. The Morgan fingerprint density at radius 2 is 1.69 bits per heavy atom. The minimum absolute atomic E-state index is 0.0336. The van der Waals surface area contributed by atoms with E-state index >= 15 is 0 Å². The molecule has 0 aromatic heterocycles. The molecule has 2 amide bonds. The molecular weight excluding hydrogens is 461 g/mol. The van der Waals surface area contributed by atoms with E-state index in [2.05, 4.69) is 16.7 Å². The van der Waals surface area contributed by atoms with Crippen LogP contribution in [0.3, 0.4) is 0 Å². The average molecular weight is 498 g/mol. The monoisotopic (exact) mass is 497 g/mol. The van der Waals surface area contributed by atoms with Crippen LogP contribution in [-0.4, -0.2) is 72.5 Å². The number of ether oxygens (including phenoxy) is 1. The molecule has 6 rings (SSSR count). The molecule has 5 atom stereocenters. The fourth-order valence-corrected chi connectivity index (χ4v) is 7.21. The summed E-state index contributed by atoms with van der Waals surface area (Å²) in [7, 11) is 0. The number of benzene rings is 1. The molecule has 0 N–H and O–H groups in total. The van der Waals surface area contributed by atoms with Crippen LogP contribution in [0.1, 0.15) is 40.0 Å². The number of anilines is 1. The molecule has 194 valence electrons. The molecule has 2 aliphatic heterocycles. The maximum absolute atomic E-state index is 13.5. The summed E-state index contributed by atoms with van der Waals surface area (Å²) in [6.45, 7) is 10.4. The van der Waals surface area contributed by atoms with Crippen LogP contribution in [0.4, 0.5) is 10.1 Å². The van der Waals surface area contributed by atoms with Crippen LogP contribution in [0.5, 0.6) is 0 Å². The van der Waals surface area contributed by atoms with Gasteiger partial charge >= 0.3 is 5.97 Å². The number of carbonyl (C=O) groups excluding carboxylic acids is 3. The molecule has 1 aromatic rings. The first-order chi connectivity index (χ1) is 17.2. The molecular formula is C28H36FN3O4. The first-order valence-corrected chi connectivity index (χ1v) is 13.2. The van der Waals surface area contributed by atoms with Crippen LogP contribution in [0.15, 0.2) is 35.9 Å². The summed E-state index contributed by atoms with van der Waals surface area (Å²) < 4.78 is 19.0. The summed E-state index contributed by atoms with van der Waals surface area (Å²) in [6, 6.07) is 6.64. The van der Waals surface area contributed by atoms with Crippen molar-refractivity contribution in [1.82, 2.24) is 9.80 Å². The van der Waals surface area contributed by atoms with E-state index in [-0.39, 0.29) is 29.5 Å². The van der Waals surface area contributed by atoms with Crippen LogP contribution in [-0.2, 0) is 19.1 Å². The Morgan fingerprint density at radius 3 is 2.33 bits per heavy atom. The average Bonchev–Trinajstić information content (AvgIpc) is 3.08. The van der Waals surface area contributed by atoms with Crippen molar-refractivity contribution in [3.05, 3.63) is 41.7 Å². The van der Waals surface area contributed by atoms with Crippen molar-refractivity contribution in [3.63, 3.8) is 0 Å². The molecule has 1 aromatic carbocycles. The van der Waals surface area contributed by atoms with Gasteiger partial charge in [0.05, 0.1) is 11.8 Å². The lowest BCUT2D eigenvalue weighted by atomic mass is 9.54. The van der Waals surface area contributed by atoms with Crippen molar-refractivity contribution in [2.75, 3.05) is 44.2 Å². The second-order valence-corrected chi connectivity index (χ2v) is 11.0. The second-order valence-electron chi connectivity index (χ2n) is 11.0. The molecule has 3 aliphatic carbocycles. The van der Waals surface area contributed by atoms with Crippen LogP contribution in [0.2, 0.25) is 0 Å². The SMILES string of the molecule is CC(=O)O[C@]12C=C(C)[C@H](C(C)C1)C1C(=O)N(CCCCN3CCN(c4ccc(F)cc4)CC3)C(=O)C12. The molecule has 3 fully saturated rings. The van der Waals surface area contributed by atoms with Crippen molar-refractivity contribution in [2.45, 2.75) is 45.6 Å². The first-order valence-electron chi connectivity index (χ1n) is 13.2. The third-order valence-electron chi connectivity index (χ3n) is 8.61.